The Kier molecular flexibility index (Phi) is 3.30. The first-order chi connectivity index (χ1) is 6.42. The predicted molar refractivity (Wildman–Crippen MR) is 43.5 cm³/mol. The van der Waals surface area contributed by atoms with Crippen molar-refractivity contribution in [1.29, 1.82) is 0 Å². The molecule has 0 unspecified atom stereocenters. The molecule has 0 aromatic carbocycles. The van der Waals surface area contributed by atoms with Crippen LogP contribution < -0.4 is 4.74 Å². The van der Waals surface area contributed by atoms with Crippen LogP contribution in [0.4, 0.5) is 17.6 Å². The van der Waals surface area contributed by atoms with Gasteiger partial charge in [0, 0.05) is 10.9 Å². The summed E-state index contributed by atoms with van der Waals surface area (Å²) in [5.41, 5.74) is 0.00215. The molecule has 7 heteroatoms. The van der Waals surface area contributed by atoms with Crippen molar-refractivity contribution < 1.29 is 22.3 Å². The number of halogens is 5. The molecule has 0 N–H and O–H groups in total. The van der Waals surface area contributed by atoms with Crippen LogP contribution >= 0.6 is 15.9 Å². The Hall–Kier alpha value is -0.850. The maximum atomic E-state index is 12.5. The molecule has 0 saturated heterocycles. The van der Waals surface area contributed by atoms with E-state index in [0.717, 1.165) is 6.07 Å². The normalized spacial score (nSPS) is 11.5. The van der Waals surface area contributed by atoms with Gasteiger partial charge in [0.15, 0.2) is 0 Å². The van der Waals surface area contributed by atoms with Crippen LogP contribution in [-0.4, -0.2) is 11.3 Å². The molecule has 14 heavy (non-hydrogen) atoms. The lowest BCUT2D eigenvalue weighted by Crippen LogP contribution is -2.19. The zero-order chi connectivity index (χ0) is 10.8. The van der Waals surface area contributed by atoms with Gasteiger partial charge in [-0.1, -0.05) is 15.9 Å². The van der Waals surface area contributed by atoms with E-state index in [4.69, 9.17) is 0 Å². The molecular weight excluding hydrogens is 270 g/mol. The van der Waals surface area contributed by atoms with Crippen molar-refractivity contribution in [3.63, 3.8) is 0 Å². The molecule has 0 bridgehead atoms. The van der Waals surface area contributed by atoms with Crippen molar-refractivity contribution >= 4 is 15.9 Å². The number of hydrogen-bond donors (Lipinski definition) is 0. The number of rotatable bonds is 2. The molecule has 0 saturated carbocycles. The largest absolute Gasteiger partial charge is 0.574 e. The number of hydrogen-bond acceptors (Lipinski definition) is 2. The van der Waals surface area contributed by atoms with Crippen molar-refractivity contribution in [3.05, 3.63) is 23.6 Å². The molecule has 0 radical (unpaired) electrons. The Morgan fingerprint density at radius 1 is 1.43 bits per heavy atom. The topological polar surface area (TPSA) is 22.1 Å². The lowest BCUT2D eigenvalue weighted by molar-refractivity contribution is -0.276. The zero-order valence-corrected chi connectivity index (χ0v) is 8.19. The fourth-order valence-corrected chi connectivity index (χ4v) is 1.17. The van der Waals surface area contributed by atoms with Gasteiger partial charge in [0.25, 0.3) is 0 Å². The van der Waals surface area contributed by atoms with Crippen molar-refractivity contribution in [3.8, 4) is 5.88 Å². The molecule has 1 heterocycles. The van der Waals surface area contributed by atoms with E-state index < -0.39 is 18.1 Å². The molecule has 0 aliphatic carbocycles. The quantitative estimate of drug-likeness (QED) is 0.611. The Morgan fingerprint density at radius 2 is 2.07 bits per heavy atom. The Labute approximate surface area is 85.0 Å². The Morgan fingerprint density at radius 3 is 2.57 bits per heavy atom. The third-order valence-electron chi connectivity index (χ3n) is 1.25. The minimum atomic E-state index is -4.82. The highest BCUT2D eigenvalue weighted by Gasteiger charge is 2.32. The van der Waals surface area contributed by atoms with Crippen molar-refractivity contribution in [1.82, 2.24) is 4.98 Å². The van der Waals surface area contributed by atoms with E-state index in [0.29, 0.717) is 6.20 Å². The van der Waals surface area contributed by atoms with Crippen molar-refractivity contribution in [2.24, 2.45) is 0 Å². The van der Waals surface area contributed by atoms with Gasteiger partial charge in [-0.2, -0.15) is 0 Å². The van der Waals surface area contributed by atoms with E-state index in [1.54, 1.807) is 0 Å². The average Bonchev–Trinajstić information content (AvgIpc) is 2.06. The van der Waals surface area contributed by atoms with E-state index in [1.807, 2.05) is 0 Å². The molecule has 1 rings (SSSR count). The minimum Gasteiger partial charge on any atom is -0.388 e. The summed E-state index contributed by atoms with van der Waals surface area (Å²) >= 11 is 2.90. The summed E-state index contributed by atoms with van der Waals surface area (Å²) in [7, 11) is 0. The molecule has 0 spiro atoms. The third-order valence-corrected chi connectivity index (χ3v) is 1.85. The maximum Gasteiger partial charge on any atom is 0.574 e. The van der Waals surface area contributed by atoms with Gasteiger partial charge in [-0.15, -0.1) is 13.2 Å². The second-order valence-electron chi connectivity index (χ2n) is 2.30. The zero-order valence-electron chi connectivity index (χ0n) is 6.61. The van der Waals surface area contributed by atoms with Gasteiger partial charge in [0.05, 0.1) is 6.20 Å². The van der Waals surface area contributed by atoms with Crippen LogP contribution in [0, 0.1) is 5.82 Å². The van der Waals surface area contributed by atoms with Gasteiger partial charge >= 0.3 is 6.36 Å². The molecule has 0 aliphatic heterocycles. The predicted octanol–water partition coefficient (Wildman–Crippen LogP) is 3.01. The summed E-state index contributed by atoms with van der Waals surface area (Å²) in [6.45, 7) is 0. The summed E-state index contributed by atoms with van der Waals surface area (Å²) in [6, 6.07) is 0.919. The fourth-order valence-electron chi connectivity index (χ4n) is 0.766. The van der Waals surface area contributed by atoms with Gasteiger partial charge < -0.3 is 4.74 Å². The van der Waals surface area contributed by atoms with Crippen LogP contribution in [0.25, 0.3) is 0 Å². The van der Waals surface area contributed by atoms with Crippen molar-refractivity contribution in [2.45, 2.75) is 11.7 Å². The highest BCUT2D eigenvalue weighted by molar-refractivity contribution is 9.08. The Bertz CT molecular complexity index is 328. The van der Waals surface area contributed by atoms with E-state index in [-0.39, 0.29) is 10.9 Å². The van der Waals surface area contributed by atoms with E-state index in [9.17, 15) is 17.6 Å². The monoisotopic (exact) mass is 273 g/mol. The molecule has 0 atom stereocenters. The van der Waals surface area contributed by atoms with E-state index in [1.165, 1.54) is 0 Å². The second-order valence-corrected chi connectivity index (χ2v) is 2.86. The minimum absolute atomic E-state index is 0.00215. The summed E-state index contributed by atoms with van der Waals surface area (Å²) in [4.78, 5) is 3.19. The van der Waals surface area contributed by atoms with Crippen LogP contribution in [0.5, 0.6) is 5.88 Å². The second kappa shape index (κ2) is 4.12. The van der Waals surface area contributed by atoms with Crippen LogP contribution in [0.1, 0.15) is 5.56 Å². The van der Waals surface area contributed by atoms with E-state index >= 15 is 0 Å². The first-order valence-electron chi connectivity index (χ1n) is 3.38. The smallest absolute Gasteiger partial charge is 0.388 e. The fraction of sp³-hybridized carbons (Fsp3) is 0.286. The van der Waals surface area contributed by atoms with Crippen LogP contribution in [-0.2, 0) is 5.33 Å². The molecule has 1 aromatic rings. The first kappa shape index (κ1) is 11.2. The van der Waals surface area contributed by atoms with Gasteiger partial charge in [0.1, 0.15) is 5.82 Å². The Balaban J connectivity index is 2.97. The van der Waals surface area contributed by atoms with Gasteiger partial charge in [-0.3, -0.25) is 0 Å². The number of ether oxygens (including phenoxy) is 1. The molecule has 2 nitrogen and oxygen atoms in total. The number of alkyl halides is 4. The van der Waals surface area contributed by atoms with Crippen LogP contribution in [0.2, 0.25) is 0 Å². The number of aromatic nitrogens is 1. The van der Waals surface area contributed by atoms with Crippen LogP contribution in [0.3, 0.4) is 0 Å². The summed E-state index contributed by atoms with van der Waals surface area (Å²) < 4.78 is 51.5. The van der Waals surface area contributed by atoms with Gasteiger partial charge in [-0.25, -0.2) is 9.37 Å². The highest BCUT2D eigenvalue weighted by Crippen LogP contribution is 2.25. The molecule has 0 aliphatic rings. The molecule has 0 fully saturated rings. The third kappa shape index (κ3) is 3.13. The molecule has 78 valence electrons. The van der Waals surface area contributed by atoms with Crippen molar-refractivity contribution in [2.75, 3.05) is 0 Å². The number of pyridine rings is 1. The maximum absolute atomic E-state index is 12.5. The van der Waals surface area contributed by atoms with Gasteiger partial charge in [-0.05, 0) is 6.07 Å². The molecule has 1 aromatic heterocycles. The standard InChI is InChI=1S/C7H4BrF4NO/c8-2-4-1-5(9)3-13-6(4)14-7(10,11)12/h1,3H,2H2. The highest BCUT2D eigenvalue weighted by atomic mass is 79.9. The SMILES string of the molecule is Fc1cnc(OC(F)(F)F)c(CBr)c1. The lowest BCUT2D eigenvalue weighted by atomic mass is 10.3. The lowest BCUT2D eigenvalue weighted by Gasteiger charge is -2.10. The van der Waals surface area contributed by atoms with E-state index in [2.05, 4.69) is 25.7 Å². The average molecular weight is 274 g/mol. The van der Waals surface area contributed by atoms with Crippen LogP contribution in [0.15, 0.2) is 12.3 Å². The molecule has 0 amide bonds. The summed E-state index contributed by atoms with van der Waals surface area (Å²) in [6.07, 6.45) is -4.16. The van der Waals surface area contributed by atoms with Gasteiger partial charge in [0.2, 0.25) is 5.88 Å². The number of nitrogens with zero attached hydrogens (tertiary/aromatic N) is 1. The first-order valence-corrected chi connectivity index (χ1v) is 4.50. The summed E-state index contributed by atoms with van der Waals surface area (Å²) in [5, 5.41) is 0.0309. The summed E-state index contributed by atoms with van der Waals surface area (Å²) in [5.74, 6) is -1.36. The molecular formula is C7H4BrF4NO.